The fourth-order valence-corrected chi connectivity index (χ4v) is 6.29. The second-order valence-corrected chi connectivity index (χ2v) is 10.9. The van der Waals surface area contributed by atoms with Crippen molar-refractivity contribution in [3.8, 4) is 5.75 Å². The molecule has 4 rings (SSSR count). The lowest BCUT2D eigenvalue weighted by Gasteiger charge is -2.30. The molecule has 1 atom stereocenters. The molecule has 0 unspecified atom stereocenters. The Morgan fingerprint density at radius 3 is 2.81 bits per heavy atom. The molecule has 2 aliphatic carbocycles. The number of phenols is 1. The second kappa shape index (κ2) is 13.4. The van der Waals surface area contributed by atoms with Gasteiger partial charge in [-0.3, -0.25) is 4.39 Å². The van der Waals surface area contributed by atoms with E-state index < -0.39 is 0 Å². The molecule has 1 aliphatic heterocycles. The van der Waals surface area contributed by atoms with Gasteiger partial charge in [0.1, 0.15) is 5.75 Å². The number of allylic oxidation sites excluding steroid dienone is 6. The first-order chi connectivity index (χ1) is 17.6. The summed E-state index contributed by atoms with van der Waals surface area (Å²) >= 11 is 0. The zero-order valence-electron chi connectivity index (χ0n) is 22.1. The third-order valence-electron chi connectivity index (χ3n) is 8.23. The van der Waals surface area contributed by atoms with Crippen molar-refractivity contribution >= 4 is 5.57 Å². The molecule has 0 amide bonds. The highest BCUT2D eigenvalue weighted by molar-refractivity contribution is 5.86. The van der Waals surface area contributed by atoms with Crippen LogP contribution in [0.1, 0.15) is 69.4 Å². The zero-order chi connectivity index (χ0) is 25.3. The van der Waals surface area contributed by atoms with Crippen molar-refractivity contribution < 1.29 is 14.2 Å². The van der Waals surface area contributed by atoms with Gasteiger partial charge < -0.3 is 14.7 Å². The summed E-state index contributed by atoms with van der Waals surface area (Å²) in [5.74, 6) is 1.80. The van der Waals surface area contributed by atoms with Gasteiger partial charge in [-0.2, -0.15) is 0 Å². The molecule has 1 heterocycles. The number of likely N-dealkylation sites (tertiary alicyclic amines) is 1. The van der Waals surface area contributed by atoms with Gasteiger partial charge in [-0.05, 0) is 91.2 Å². The Bertz CT molecular complexity index is 970. The number of halogens is 1. The van der Waals surface area contributed by atoms with E-state index in [2.05, 4.69) is 42.7 Å². The first kappa shape index (κ1) is 26.9. The monoisotopic (exact) mass is 493 g/mol. The van der Waals surface area contributed by atoms with Gasteiger partial charge >= 0.3 is 0 Å². The lowest BCUT2D eigenvalue weighted by atomic mass is 9.75. The van der Waals surface area contributed by atoms with Crippen LogP contribution in [0, 0.1) is 11.8 Å². The topological polar surface area (TPSA) is 32.7 Å². The third kappa shape index (κ3) is 6.98. The number of fused-ring (bicyclic) bond motifs is 1. The molecule has 1 N–H and O–H groups in total. The predicted molar refractivity (Wildman–Crippen MR) is 148 cm³/mol. The summed E-state index contributed by atoms with van der Waals surface area (Å²) in [6.07, 6.45) is 18.6. The minimum absolute atomic E-state index is 0.224. The molecule has 0 radical (unpaired) electrons. The maximum atomic E-state index is 12.5. The van der Waals surface area contributed by atoms with Crippen molar-refractivity contribution in [2.75, 3.05) is 32.9 Å². The maximum absolute atomic E-state index is 12.5. The fourth-order valence-electron chi connectivity index (χ4n) is 6.29. The first-order valence-corrected chi connectivity index (χ1v) is 14.0. The van der Waals surface area contributed by atoms with E-state index in [4.69, 9.17) is 4.74 Å². The Labute approximate surface area is 217 Å². The van der Waals surface area contributed by atoms with Crippen molar-refractivity contribution in [2.24, 2.45) is 11.8 Å². The number of alkyl halides is 1. The van der Waals surface area contributed by atoms with E-state index in [1.165, 1.54) is 48.0 Å². The summed E-state index contributed by atoms with van der Waals surface area (Å²) < 4.78 is 18.7. The average molecular weight is 494 g/mol. The summed E-state index contributed by atoms with van der Waals surface area (Å²) in [4.78, 5) is 2.30. The van der Waals surface area contributed by atoms with Gasteiger partial charge in [0.2, 0.25) is 0 Å². The first-order valence-electron chi connectivity index (χ1n) is 14.0. The Morgan fingerprint density at radius 1 is 1.19 bits per heavy atom. The Balaban J connectivity index is 1.56. The zero-order valence-corrected chi connectivity index (χ0v) is 22.1. The fraction of sp³-hybridized carbons (Fsp3) is 0.562. The molecule has 0 bridgehead atoms. The molecule has 1 saturated carbocycles. The van der Waals surface area contributed by atoms with Crippen LogP contribution in [0.15, 0.2) is 60.2 Å². The average Bonchev–Trinajstić information content (AvgIpc) is 3.25. The van der Waals surface area contributed by atoms with Crippen molar-refractivity contribution in [1.82, 2.24) is 4.90 Å². The van der Waals surface area contributed by atoms with Crippen LogP contribution in [0.3, 0.4) is 0 Å². The minimum Gasteiger partial charge on any atom is -0.508 e. The number of hydrogen-bond acceptors (Lipinski definition) is 3. The molecule has 0 aromatic heterocycles. The van der Waals surface area contributed by atoms with Gasteiger partial charge in [-0.25, -0.2) is 0 Å². The molecule has 3 aliphatic rings. The van der Waals surface area contributed by atoms with Gasteiger partial charge in [0, 0.05) is 19.6 Å². The summed E-state index contributed by atoms with van der Waals surface area (Å²) in [5, 5.41) is 10.2. The standard InChI is InChI=1S/C32H44FNO2/c1-3-7-26(9-5-21-36-29-17-20-34(23-29)19-6-18-33)32-30(25-13-11-24(2)12-14-25)10-4-8-27-22-28(35)15-16-31(27)32/h3,5,7,9,15-16,22,24-25,29,35H,1,4,6,8,10-14,17-21,23H2,2H3/b9-5-,26-7+/t24?,25?,29-/m0/s1. The highest BCUT2D eigenvalue weighted by Crippen LogP contribution is 2.44. The van der Waals surface area contributed by atoms with Gasteiger partial charge in [-0.1, -0.05) is 62.3 Å². The molecule has 1 saturated heterocycles. The van der Waals surface area contributed by atoms with E-state index in [9.17, 15) is 9.50 Å². The van der Waals surface area contributed by atoms with Gasteiger partial charge in [-0.15, -0.1) is 0 Å². The summed E-state index contributed by atoms with van der Waals surface area (Å²) in [5.41, 5.74) is 6.62. The van der Waals surface area contributed by atoms with Gasteiger partial charge in [0.05, 0.1) is 19.4 Å². The van der Waals surface area contributed by atoms with Crippen LogP contribution in [-0.4, -0.2) is 49.0 Å². The number of aryl methyl sites for hydroxylation is 1. The van der Waals surface area contributed by atoms with Crippen LogP contribution >= 0.6 is 0 Å². The number of phenolic OH excluding ortho intramolecular Hbond substituents is 1. The normalized spacial score (nSPS) is 25.8. The molecule has 2 fully saturated rings. The summed E-state index contributed by atoms with van der Waals surface area (Å²) in [7, 11) is 0. The van der Waals surface area contributed by atoms with Gasteiger partial charge in [0.25, 0.3) is 0 Å². The number of benzene rings is 1. The molecule has 3 nitrogen and oxygen atoms in total. The van der Waals surface area contributed by atoms with Crippen LogP contribution in [-0.2, 0) is 11.2 Å². The minimum atomic E-state index is -0.246. The Kier molecular flexibility index (Phi) is 10.0. The van der Waals surface area contributed by atoms with E-state index in [0.717, 1.165) is 51.2 Å². The largest absolute Gasteiger partial charge is 0.508 e. The molecular weight excluding hydrogens is 449 g/mol. The quantitative estimate of drug-likeness (QED) is 0.344. The maximum Gasteiger partial charge on any atom is 0.115 e. The molecule has 196 valence electrons. The summed E-state index contributed by atoms with van der Waals surface area (Å²) in [6.45, 7) is 9.45. The lowest BCUT2D eigenvalue weighted by Crippen LogP contribution is -2.24. The Morgan fingerprint density at radius 2 is 2.03 bits per heavy atom. The smallest absolute Gasteiger partial charge is 0.115 e. The van der Waals surface area contributed by atoms with E-state index in [0.29, 0.717) is 24.7 Å². The number of nitrogens with zero attached hydrogens (tertiary/aromatic N) is 1. The molecule has 1 aromatic carbocycles. The van der Waals surface area contributed by atoms with Gasteiger partial charge in [0.15, 0.2) is 0 Å². The van der Waals surface area contributed by atoms with E-state index in [1.54, 1.807) is 5.57 Å². The Hall–Kier alpha value is -2.17. The number of aromatic hydroxyl groups is 1. The SMILES string of the molecule is C=C/C=C(\C=C/CO[C@H]1CCN(CCCF)C1)C1=C(C2CCC(C)CC2)CCCc2cc(O)ccc21. The molecule has 1 aromatic rings. The van der Waals surface area contributed by atoms with Crippen LogP contribution in [0.2, 0.25) is 0 Å². The van der Waals surface area contributed by atoms with Crippen molar-refractivity contribution in [3.05, 3.63) is 71.4 Å². The van der Waals surface area contributed by atoms with Crippen molar-refractivity contribution in [3.63, 3.8) is 0 Å². The van der Waals surface area contributed by atoms with Crippen LogP contribution in [0.4, 0.5) is 4.39 Å². The molecule has 4 heteroatoms. The lowest BCUT2D eigenvalue weighted by molar-refractivity contribution is 0.0798. The summed E-state index contributed by atoms with van der Waals surface area (Å²) in [6, 6.07) is 5.90. The van der Waals surface area contributed by atoms with Crippen LogP contribution in [0.25, 0.3) is 5.57 Å². The van der Waals surface area contributed by atoms with E-state index in [1.807, 2.05) is 18.2 Å². The highest BCUT2D eigenvalue weighted by Gasteiger charge is 2.28. The van der Waals surface area contributed by atoms with Crippen LogP contribution < -0.4 is 0 Å². The third-order valence-corrected chi connectivity index (χ3v) is 8.23. The number of ether oxygens (including phenoxy) is 1. The number of hydrogen-bond donors (Lipinski definition) is 1. The number of rotatable bonds is 10. The molecule has 0 spiro atoms. The van der Waals surface area contributed by atoms with Crippen molar-refractivity contribution in [2.45, 2.75) is 70.8 Å². The molecule has 36 heavy (non-hydrogen) atoms. The predicted octanol–water partition coefficient (Wildman–Crippen LogP) is 7.43. The van der Waals surface area contributed by atoms with Crippen LogP contribution in [0.5, 0.6) is 5.75 Å². The highest BCUT2D eigenvalue weighted by atomic mass is 19.1. The second-order valence-electron chi connectivity index (χ2n) is 10.9. The van der Waals surface area contributed by atoms with E-state index in [-0.39, 0.29) is 12.8 Å². The van der Waals surface area contributed by atoms with Crippen molar-refractivity contribution in [1.29, 1.82) is 0 Å². The van der Waals surface area contributed by atoms with E-state index >= 15 is 0 Å². The molecular formula is C32H44FNO2.